The van der Waals surface area contributed by atoms with Crippen molar-refractivity contribution >= 4 is 17.1 Å². The molecule has 2 aromatic heterocycles. The molecule has 0 bridgehead atoms. The summed E-state index contributed by atoms with van der Waals surface area (Å²) >= 11 is 0. The molecule has 0 aliphatic carbocycles. The molecule has 1 fully saturated rings. The zero-order chi connectivity index (χ0) is 19.7. The fourth-order valence-corrected chi connectivity index (χ4v) is 3.73. The van der Waals surface area contributed by atoms with Crippen LogP contribution in [0.3, 0.4) is 0 Å². The van der Waals surface area contributed by atoms with Crippen molar-refractivity contribution < 1.29 is 20.1 Å². The third-order valence-corrected chi connectivity index (χ3v) is 5.01. The smallest absolute Gasteiger partial charge is 0.407 e. The Balaban J connectivity index is 1.81. The Labute approximate surface area is 155 Å². The molecule has 0 spiro atoms. The predicted molar refractivity (Wildman–Crippen MR) is 97.7 cm³/mol. The van der Waals surface area contributed by atoms with E-state index in [1.807, 2.05) is 13.0 Å². The minimum Gasteiger partial charge on any atom is -0.465 e. The largest absolute Gasteiger partial charge is 0.465 e. The van der Waals surface area contributed by atoms with Crippen molar-refractivity contribution in [2.24, 2.45) is 0 Å². The monoisotopic (exact) mass is 376 g/mol. The zero-order valence-electron chi connectivity index (χ0n) is 15.4. The van der Waals surface area contributed by atoms with Crippen molar-refractivity contribution in [3.05, 3.63) is 34.0 Å². The fourth-order valence-electron chi connectivity index (χ4n) is 3.73. The van der Waals surface area contributed by atoms with Gasteiger partial charge in [-0.3, -0.25) is 9.36 Å². The van der Waals surface area contributed by atoms with Crippen molar-refractivity contribution in [1.82, 2.24) is 19.4 Å². The average Bonchev–Trinajstić information content (AvgIpc) is 2.59. The van der Waals surface area contributed by atoms with Gasteiger partial charge >= 0.3 is 6.09 Å². The van der Waals surface area contributed by atoms with Gasteiger partial charge in [0.25, 0.3) is 5.56 Å². The third kappa shape index (κ3) is 3.93. The van der Waals surface area contributed by atoms with Crippen LogP contribution < -0.4 is 5.56 Å². The topological polar surface area (TPSA) is 129 Å². The Morgan fingerprint density at radius 3 is 2.81 bits per heavy atom. The van der Waals surface area contributed by atoms with E-state index in [-0.39, 0.29) is 24.0 Å². The maximum Gasteiger partial charge on any atom is 0.407 e. The van der Waals surface area contributed by atoms with Crippen LogP contribution in [-0.4, -0.2) is 65.6 Å². The van der Waals surface area contributed by atoms with E-state index < -0.39 is 24.3 Å². The summed E-state index contributed by atoms with van der Waals surface area (Å²) in [6, 6.07) is 1.15. The lowest BCUT2D eigenvalue weighted by Gasteiger charge is -2.38. The summed E-state index contributed by atoms with van der Waals surface area (Å²) < 4.78 is 1.28. The summed E-state index contributed by atoms with van der Waals surface area (Å²) in [5.74, 6) is 0. The molecule has 0 unspecified atom stereocenters. The first-order valence-electron chi connectivity index (χ1n) is 8.97. The first kappa shape index (κ1) is 19.2. The van der Waals surface area contributed by atoms with Gasteiger partial charge in [-0.1, -0.05) is 0 Å². The number of hydrogen-bond donors (Lipinski definition) is 3. The molecule has 3 rings (SSSR count). The highest BCUT2D eigenvalue weighted by Crippen LogP contribution is 2.22. The van der Waals surface area contributed by atoms with E-state index in [4.69, 9.17) is 0 Å². The second-order valence-corrected chi connectivity index (χ2v) is 7.12. The summed E-state index contributed by atoms with van der Waals surface area (Å²) in [4.78, 5) is 33.8. The van der Waals surface area contributed by atoms with Crippen LogP contribution >= 0.6 is 0 Å². The Kier molecular flexibility index (Phi) is 5.43. The molecule has 2 aromatic rings. The van der Waals surface area contributed by atoms with Gasteiger partial charge in [-0.25, -0.2) is 14.8 Å². The summed E-state index contributed by atoms with van der Waals surface area (Å²) in [7, 11) is 0. The first-order chi connectivity index (χ1) is 12.8. The van der Waals surface area contributed by atoms with Crippen LogP contribution in [0.5, 0.6) is 0 Å². The van der Waals surface area contributed by atoms with Gasteiger partial charge in [0.15, 0.2) is 5.52 Å². The number of hydrogen-bond acceptors (Lipinski definition) is 6. The highest BCUT2D eigenvalue weighted by atomic mass is 16.4. The molecular formula is C18H24N4O5. The molecule has 1 aliphatic heterocycles. The molecule has 1 saturated heterocycles. The van der Waals surface area contributed by atoms with Crippen LogP contribution in [0.15, 0.2) is 17.2 Å². The van der Waals surface area contributed by atoms with Crippen molar-refractivity contribution in [1.29, 1.82) is 0 Å². The van der Waals surface area contributed by atoms with E-state index in [0.717, 1.165) is 10.5 Å². The minimum atomic E-state index is -1.12. The van der Waals surface area contributed by atoms with E-state index in [2.05, 4.69) is 9.97 Å². The Hall–Kier alpha value is -2.52. The van der Waals surface area contributed by atoms with Gasteiger partial charge in [0.1, 0.15) is 0 Å². The number of rotatable bonds is 4. The maximum absolute atomic E-state index is 12.7. The molecule has 0 aromatic carbocycles. The van der Waals surface area contributed by atoms with Crippen LogP contribution in [0.2, 0.25) is 0 Å². The van der Waals surface area contributed by atoms with E-state index in [0.29, 0.717) is 30.6 Å². The number of aliphatic hydroxyl groups excluding tert-OH is 2. The highest BCUT2D eigenvalue weighted by molar-refractivity contribution is 5.76. The van der Waals surface area contributed by atoms with Gasteiger partial charge in [0.2, 0.25) is 0 Å². The summed E-state index contributed by atoms with van der Waals surface area (Å²) in [6.07, 6.45) is -0.483. The molecule has 9 nitrogen and oxygen atoms in total. The number of carbonyl (C=O) groups is 1. The van der Waals surface area contributed by atoms with Gasteiger partial charge in [0, 0.05) is 12.2 Å². The Bertz CT molecular complexity index is 912. The third-order valence-electron chi connectivity index (χ3n) is 5.01. The second-order valence-electron chi connectivity index (χ2n) is 7.12. The maximum atomic E-state index is 12.7. The van der Waals surface area contributed by atoms with E-state index in [1.165, 1.54) is 10.9 Å². The molecule has 3 heterocycles. The van der Waals surface area contributed by atoms with E-state index in [1.54, 1.807) is 6.92 Å². The van der Waals surface area contributed by atoms with Crippen molar-refractivity contribution in [3.8, 4) is 0 Å². The number of amides is 1. The van der Waals surface area contributed by atoms with Gasteiger partial charge in [-0.05, 0) is 44.7 Å². The highest BCUT2D eigenvalue weighted by Gasteiger charge is 2.34. The molecule has 146 valence electrons. The van der Waals surface area contributed by atoms with Crippen LogP contribution in [-0.2, 0) is 6.54 Å². The quantitative estimate of drug-likeness (QED) is 0.715. The van der Waals surface area contributed by atoms with E-state index >= 15 is 0 Å². The van der Waals surface area contributed by atoms with Crippen LogP contribution in [0, 0.1) is 13.8 Å². The first-order valence-corrected chi connectivity index (χ1v) is 8.97. The standard InChI is InChI=1S/C18H24N4O5/c1-10-6-11(2)20-16-15(10)19-9-21(17(16)25)8-12(23)7-13-14(24)4-3-5-22(13)18(26)27/h6,9,12-14,23-24H,3-5,7-8H2,1-2H3,(H,26,27)/t12-,13+,14-/m0/s1. The number of likely N-dealkylation sites (tertiary alicyclic amines) is 1. The summed E-state index contributed by atoms with van der Waals surface area (Å²) in [6.45, 7) is 3.92. The van der Waals surface area contributed by atoms with Crippen molar-refractivity contribution in [2.45, 2.75) is 57.9 Å². The van der Waals surface area contributed by atoms with Gasteiger partial charge in [0.05, 0.1) is 36.6 Å². The molecule has 1 amide bonds. The molecule has 9 heteroatoms. The zero-order valence-corrected chi connectivity index (χ0v) is 15.4. The van der Waals surface area contributed by atoms with E-state index in [9.17, 15) is 24.9 Å². The molecule has 0 radical (unpaired) electrons. The molecule has 0 saturated carbocycles. The molecular weight excluding hydrogens is 352 g/mol. The minimum absolute atomic E-state index is 0.0399. The molecule has 1 aliphatic rings. The molecule has 27 heavy (non-hydrogen) atoms. The summed E-state index contributed by atoms with van der Waals surface area (Å²) in [5, 5.41) is 29.9. The molecule has 3 N–H and O–H groups in total. The number of carboxylic acid groups (broad SMARTS) is 1. The number of nitrogens with zero attached hydrogens (tertiary/aromatic N) is 4. The number of fused-ring (bicyclic) bond motifs is 1. The van der Waals surface area contributed by atoms with Crippen molar-refractivity contribution in [3.63, 3.8) is 0 Å². The lowest BCUT2D eigenvalue weighted by Crippen LogP contribution is -2.52. The normalized spacial score (nSPS) is 21.4. The van der Waals surface area contributed by atoms with Gasteiger partial charge < -0.3 is 20.2 Å². The Morgan fingerprint density at radius 2 is 2.11 bits per heavy atom. The van der Waals surface area contributed by atoms with Gasteiger partial charge in [-0.2, -0.15) is 0 Å². The van der Waals surface area contributed by atoms with Crippen LogP contribution in [0.25, 0.3) is 11.0 Å². The van der Waals surface area contributed by atoms with Gasteiger partial charge in [-0.15, -0.1) is 0 Å². The lowest BCUT2D eigenvalue weighted by molar-refractivity contribution is -0.00935. The predicted octanol–water partition coefficient (Wildman–Crippen LogP) is 0.663. The molecule has 3 atom stereocenters. The average molecular weight is 376 g/mol. The number of aliphatic hydroxyl groups is 2. The Morgan fingerprint density at radius 1 is 1.37 bits per heavy atom. The second kappa shape index (κ2) is 7.61. The number of aromatic nitrogens is 3. The lowest BCUT2D eigenvalue weighted by atomic mass is 9.94. The number of pyridine rings is 1. The van der Waals surface area contributed by atoms with Crippen LogP contribution in [0.1, 0.15) is 30.5 Å². The van der Waals surface area contributed by atoms with Crippen LogP contribution in [0.4, 0.5) is 4.79 Å². The SMILES string of the molecule is Cc1cc(C)c2ncn(C[C@@H](O)C[C@@H]3[C@@H](O)CCCN3C(=O)O)c(=O)c2n1. The number of aryl methyl sites for hydroxylation is 2. The summed E-state index contributed by atoms with van der Waals surface area (Å²) in [5.41, 5.74) is 1.97. The van der Waals surface area contributed by atoms with Crippen molar-refractivity contribution in [2.75, 3.05) is 6.54 Å². The fraction of sp³-hybridized carbons (Fsp3) is 0.556. The number of piperidine rings is 1.